The van der Waals surface area contributed by atoms with Crippen LogP contribution in [-0.2, 0) is 0 Å². The second-order valence-electron chi connectivity index (χ2n) is 4.00. The molecule has 0 radical (unpaired) electrons. The number of aromatic nitrogens is 1. The fourth-order valence-corrected chi connectivity index (χ4v) is 1.85. The quantitative estimate of drug-likeness (QED) is 0.696. The molecule has 0 atom stereocenters. The van der Waals surface area contributed by atoms with E-state index in [0.717, 1.165) is 0 Å². The van der Waals surface area contributed by atoms with Crippen molar-refractivity contribution in [3.8, 4) is 23.0 Å². The number of aromatic hydroxyl groups is 2. The predicted molar refractivity (Wildman–Crippen MR) is 69.0 cm³/mol. The lowest BCUT2D eigenvalue weighted by molar-refractivity contribution is 0.464. The molecule has 0 aliphatic carbocycles. The normalized spacial score (nSPS) is 10.7. The molecule has 19 heavy (non-hydrogen) atoms. The van der Waals surface area contributed by atoms with Gasteiger partial charge in [0.2, 0.25) is 5.89 Å². The minimum absolute atomic E-state index is 0.0305. The van der Waals surface area contributed by atoms with Crippen molar-refractivity contribution in [1.29, 1.82) is 0 Å². The first-order valence-electron chi connectivity index (χ1n) is 5.58. The van der Waals surface area contributed by atoms with Gasteiger partial charge in [-0.1, -0.05) is 18.2 Å². The van der Waals surface area contributed by atoms with E-state index in [-0.39, 0.29) is 28.3 Å². The van der Waals surface area contributed by atoms with E-state index in [2.05, 4.69) is 4.98 Å². The molecule has 0 amide bonds. The molecular weight excluding hydrogens is 246 g/mol. The Morgan fingerprint density at radius 2 is 1.68 bits per heavy atom. The largest absolute Gasteiger partial charge is 0.507 e. The van der Waals surface area contributed by atoms with Crippen molar-refractivity contribution in [2.75, 3.05) is 0 Å². The Balaban J connectivity index is 2.36. The van der Waals surface area contributed by atoms with Crippen LogP contribution in [0.4, 0.5) is 0 Å². The molecule has 5 heteroatoms. The summed E-state index contributed by atoms with van der Waals surface area (Å²) in [6, 6.07) is 10.9. The van der Waals surface area contributed by atoms with Gasteiger partial charge < -0.3 is 14.6 Å². The molecule has 2 aromatic carbocycles. The van der Waals surface area contributed by atoms with Crippen LogP contribution in [0.5, 0.6) is 11.5 Å². The van der Waals surface area contributed by atoms with Crippen molar-refractivity contribution in [2.45, 2.75) is 0 Å². The monoisotopic (exact) mass is 255 g/mol. The number of phenols is 2. The zero-order chi connectivity index (χ0) is 13.4. The number of para-hydroxylation sites is 2. The highest BCUT2D eigenvalue weighted by Gasteiger charge is 2.13. The Labute approximate surface area is 107 Å². The van der Waals surface area contributed by atoms with E-state index in [1.54, 1.807) is 18.2 Å². The predicted octanol–water partition coefficient (Wildman–Crippen LogP) is 2.27. The molecule has 0 bridgehead atoms. The average Bonchev–Trinajstić information content (AvgIpc) is 2.40. The summed E-state index contributed by atoms with van der Waals surface area (Å²) < 4.78 is 5.07. The second kappa shape index (κ2) is 4.13. The van der Waals surface area contributed by atoms with Crippen LogP contribution in [0.2, 0.25) is 0 Å². The molecule has 0 aliphatic heterocycles. The molecule has 3 rings (SSSR count). The molecule has 1 aromatic heterocycles. The third kappa shape index (κ3) is 1.81. The summed E-state index contributed by atoms with van der Waals surface area (Å²) in [5.41, 5.74) is -0.166. The Hall–Kier alpha value is -2.82. The maximum atomic E-state index is 11.8. The molecule has 0 aliphatic rings. The summed E-state index contributed by atoms with van der Waals surface area (Å²) in [6.45, 7) is 0. The lowest BCUT2D eigenvalue weighted by Crippen LogP contribution is -2.03. The van der Waals surface area contributed by atoms with Gasteiger partial charge in [0.05, 0.1) is 10.9 Å². The lowest BCUT2D eigenvalue weighted by Gasteiger charge is -2.04. The number of fused-ring (bicyclic) bond motifs is 1. The zero-order valence-electron chi connectivity index (χ0n) is 9.70. The van der Waals surface area contributed by atoms with Crippen molar-refractivity contribution in [3.63, 3.8) is 0 Å². The van der Waals surface area contributed by atoms with Crippen molar-refractivity contribution < 1.29 is 14.6 Å². The van der Waals surface area contributed by atoms with Crippen LogP contribution < -0.4 is 5.63 Å². The summed E-state index contributed by atoms with van der Waals surface area (Å²) in [4.78, 5) is 15.9. The molecule has 0 unspecified atom stereocenters. The van der Waals surface area contributed by atoms with Crippen LogP contribution >= 0.6 is 0 Å². The molecule has 0 saturated carbocycles. The summed E-state index contributed by atoms with van der Waals surface area (Å²) in [5.74, 6) is -0.188. The topological polar surface area (TPSA) is 83.6 Å². The van der Waals surface area contributed by atoms with Crippen molar-refractivity contribution in [2.24, 2.45) is 0 Å². The van der Waals surface area contributed by atoms with E-state index in [1.807, 2.05) is 0 Å². The lowest BCUT2D eigenvalue weighted by atomic mass is 10.2. The van der Waals surface area contributed by atoms with Crippen LogP contribution in [0.3, 0.4) is 0 Å². The van der Waals surface area contributed by atoms with Gasteiger partial charge >= 0.3 is 5.63 Å². The number of hydrogen-bond donors (Lipinski definition) is 2. The first-order valence-corrected chi connectivity index (χ1v) is 5.58. The number of hydrogen-bond acceptors (Lipinski definition) is 5. The van der Waals surface area contributed by atoms with Gasteiger partial charge in [-0.15, -0.1) is 0 Å². The van der Waals surface area contributed by atoms with Crippen LogP contribution in [0.1, 0.15) is 0 Å². The Kier molecular flexibility index (Phi) is 2.45. The molecule has 0 fully saturated rings. The summed E-state index contributed by atoms with van der Waals surface area (Å²) in [7, 11) is 0. The SMILES string of the molecule is O=c1oc(-c2ccccc2O)nc2c(O)cccc12. The summed E-state index contributed by atoms with van der Waals surface area (Å²) >= 11 is 0. The van der Waals surface area contributed by atoms with Crippen LogP contribution in [0, 0.1) is 0 Å². The molecule has 5 nitrogen and oxygen atoms in total. The highest BCUT2D eigenvalue weighted by atomic mass is 16.4. The van der Waals surface area contributed by atoms with Gasteiger partial charge in [0.15, 0.2) is 0 Å². The molecule has 2 N–H and O–H groups in total. The van der Waals surface area contributed by atoms with Crippen molar-refractivity contribution >= 4 is 10.9 Å². The summed E-state index contributed by atoms with van der Waals surface area (Å²) in [5, 5.41) is 19.7. The Bertz CT molecular complexity index is 823. The molecule has 0 saturated heterocycles. The highest BCUT2D eigenvalue weighted by Crippen LogP contribution is 2.29. The van der Waals surface area contributed by atoms with E-state index < -0.39 is 5.63 Å². The Morgan fingerprint density at radius 3 is 2.47 bits per heavy atom. The minimum Gasteiger partial charge on any atom is -0.507 e. The zero-order valence-corrected chi connectivity index (χ0v) is 9.70. The highest BCUT2D eigenvalue weighted by molar-refractivity contribution is 5.84. The van der Waals surface area contributed by atoms with Crippen LogP contribution in [0.15, 0.2) is 51.7 Å². The third-order valence-electron chi connectivity index (χ3n) is 2.77. The fraction of sp³-hybridized carbons (Fsp3) is 0. The van der Waals surface area contributed by atoms with E-state index in [0.29, 0.717) is 5.56 Å². The first-order chi connectivity index (χ1) is 9.16. The van der Waals surface area contributed by atoms with E-state index in [4.69, 9.17) is 4.42 Å². The van der Waals surface area contributed by atoms with E-state index >= 15 is 0 Å². The van der Waals surface area contributed by atoms with Gasteiger partial charge in [0, 0.05) is 0 Å². The standard InChI is InChI=1S/C14H9NO4/c16-10-6-2-1-4-8(10)13-15-12-9(14(18)19-13)5-3-7-11(12)17/h1-7,16-17H. The van der Waals surface area contributed by atoms with Crippen molar-refractivity contribution in [3.05, 3.63) is 52.9 Å². The van der Waals surface area contributed by atoms with Crippen molar-refractivity contribution in [1.82, 2.24) is 4.98 Å². The third-order valence-corrected chi connectivity index (χ3v) is 2.77. The number of rotatable bonds is 1. The number of phenolic OH excluding ortho intramolecular Hbond substituents is 2. The van der Waals surface area contributed by atoms with Crippen LogP contribution in [0.25, 0.3) is 22.4 Å². The second-order valence-corrected chi connectivity index (χ2v) is 4.00. The van der Waals surface area contributed by atoms with E-state index in [9.17, 15) is 15.0 Å². The number of nitrogens with zero attached hydrogens (tertiary/aromatic N) is 1. The molecule has 3 aromatic rings. The van der Waals surface area contributed by atoms with Gasteiger partial charge in [-0.25, -0.2) is 9.78 Å². The Morgan fingerprint density at radius 1 is 0.947 bits per heavy atom. The van der Waals surface area contributed by atoms with Gasteiger partial charge in [-0.3, -0.25) is 0 Å². The van der Waals surface area contributed by atoms with Gasteiger partial charge in [0.25, 0.3) is 0 Å². The molecule has 1 heterocycles. The van der Waals surface area contributed by atoms with Crippen LogP contribution in [-0.4, -0.2) is 15.2 Å². The summed E-state index contributed by atoms with van der Waals surface area (Å²) in [6.07, 6.45) is 0. The molecule has 94 valence electrons. The minimum atomic E-state index is -0.612. The number of benzene rings is 2. The maximum Gasteiger partial charge on any atom is 0.347 e. The average molecular weight is 255 g/mol. The smallest absolute Gasteiger partial charge is 0.347 e. The molecule has 0 spiro atoms. The van der Waals surface area contributed by atoms with E-state index in [1.165, 1.54) is 24.3 Å². The van der Waals surface area contributed by atoms with Gasteiger partial charge in [0.1, 0.15) is 17.0 Å². The first kappa shape index (κ1) is 11.3. The van der Waals surface area contributed by atoms with Gasteiger partial charge in [-0.2, -0.15) is 0 Å². The van der Waals surface area contributed by atoms with Gasteiger partial charge in [-0.05, 0) is 24.3 Å². The maximum absolute atomic E-state index is 11.8. The molecular formula is C14H9NO4. The fourth-order valence-electron chi connectivity index (χ4n) is 1.85.